The van der Waals surface area contributed by atoms with E-state index in [4.69, 9.17) is 0 Å². The number of carbonyl (C=O) groups excluding carboxylic acids is 3. The first-order valence-corrected chi connectivity index (χ1v) is 15.3. The van der Waals surface area contributed by atoms with Crippen LogP contribution in [-0.4, -0.2) is 60.7 Å². The number of carboxylic acids is 1. The van der Waals surface area contributed by atoms with Crippen LogP contribution in [0.3, 0.4) is 0 Å². The molecule has 3 aromatic rings. The minimum atomic E-state index is -3.92. The summed E-state index contributed by atoms with van der Waals surface area (Å²) in [6.45, 7) is 3.90. The van der Waals surface area contributed by atoms with Crippen molar-refractivity contribution in [1.82, 2.24) is 15.5 Å². The number of carboxylic acid groups (broad SMARTS) is 1. The van der Waals surface area contributed by atoms with E-state index in [0.29, 0.717) is 6.42 Å². The molecule has 3 amide bonds. The van der Waals surface area contributed by atoms with Gasteiger partial charge in [0.2, 0.25) is 5.91 Å². The number of imide groups is 1. The van der Waals surface area contributed by atoms with Crippen LogP contribution in [0.15, 0.2) is 83.8 Å². The second-order valence-corrected chi connectivity index (χ2v) is 12.4. The molecule has 0 fully saturated rings. The number of hydrogen-bond donors (Lipinski definition) is 4. The van der Waals surface area contributed by atoms with Crippen molar-refractivity contribution in [3.05, 3.63) is 95.6 Å². The first kappa shape index (κ1) is 31.4. The number of fused-ring (bicyclic) bond motifs is 1. The first-order chi connectivity index (χ1) is 20.5. The van der Waals surface area contributed by atoms with E-state index in [1.165, 1.54) is 30.3 Å². The number of nitrogens with zero attached hydrogens (tertiary/aromatic N) is 1. The molecular formula is C31H34N4O7S. The molecule has 4 N–H and O–H groups in total. The van der Waals surface area contributed by atoms with E-state index in [1.54, 1.807) is 18.2 Å². The third-order valence-corrected chi connectivity index (χ3v) is 8.35. The summed E-state index contributed by atoms with van der Waals surface area (Å²) >= 11 is 0. The van der Waals surface area contributed by atoms with Gasteiger partial charge in [0.05, 0.1) is 22.1 Å². The second-order valence-electron chi connectivity index (χ2n) is 10.7. The van der Waals surface area contributed by atoms with Crippen molar-refractivity contribution in [3.8, 4) is 0 Å². The SMILES string of the molecule is CC(C)C[C@H](NC(CCN1C(=O)c2ccc(NS(=O)(=O)c3ccccc3)cc2C1=O)C(=O)O)C(=O)NCc1ccccc1. The van der Waals surface area contributed by atoms with Gasteiger partial charge in [-0.1, -0.05) is 62.4 Å². The minimum Gasteiger partial charge on any atom is -0.480 e. The Kier molecular flexibility index (Phi) is 9.94. The number of aliphatic carboxylic acids is 1. The van der Waals surface area contributed by atoms with Crippen LogP contribution in [0, 0.1) is 5.92 Å². The molecule has 12 heteroatoms. The van der Waals surface area contributed by atoms with Gasteiger partial charge in [-0.3, -0.25) is 34.1 Å². The molecule has 0 bridgehead atoms. The van der Waals surface area contributed by atoms with Gasteiger partial charge in [-0.25, -0.2) is 8.42 Å². The lowest BCUT2D eigenvalue weighted by Crippen LogP contribution is -2.52. The van der Waals surface area contributed by atoms with Gasteiger partial charge in [0, 0.05) is 18.8 Å². The summed E-state index contributed by atoms with van der Waals surface area (Å²) in [5, 5.41) is 15.7. The summed E-state index contributed by atoms with van der Waals surface area (Å²) in [4.78, 5) is 52.3. The predicted octanol–water partition coefficient (Wildman–Crippen LogP) is 3.25. The van der Waals surface area contributed by atoms with Crippen LogP contribution in [0.4, 0.5) is 5.69 Å². The number of sulfonamides is 1. The van der Waals surface area contributed by atoms with Crippen LogP contribution in [-0.2, 0) is 26.2 Å². The normalized spacial score (nSPS) is 14.3. The highest BCUT2D eigenvalue weighted by molar-refractivity contribution is 7.92. The molecule has 3 aromatic carbocycles. The molecule has 4 rings (SSSR count). The molecule has 0 saturated heterocycles. The third-order valence-electron chi connectivity index (χ3n) is 6.95. The molecule has 1 aliphatic heterocycles. The smallest absolute Gasteiger partial charge is 0.320 e. The molecule has 2 atom stereocenters. The van der Waals surface area contributed by atoms with Gasteiger partial charge in [-0.05, 0) is 54.7 Å². The number of hydrogen-bond acceptors (Lipinski definition) is 7. The molecule has 11 nitrogen and oxygen atoms in total. The van der Waals surface area contributed by atoms with Gasteiger partial charge in [-0.2, -0.15) is 0 Å². The lowest BCUT2D eigenvalue weighted by atomic mass is 10.0. The second kappa shape index (κ2) is 13.6. The number of nitrogens with one attached hydrogen (secondary N) is 3. The lowest BCUT2D eigenvalue weighted by molar-refractivity contribution is -0.140. The third kappa shape index (κ3) is 7.85. The van der Waals surface area contributed by atoms with Gasteiger partial charge in [0.15, 0.2) is 0 Å². The van der Waals surface area contributed by atoms with Gasteiger partial charge >= 0.3 is 5.97 Å². The molecule has 0 saturated carbocycles. The van der Waals surface area contributed by atoms with Crippen LogP contribution in [0.2, 0.25) is 0 Å². The zero-order chi connectivity index (χ0) is 31.1. The van der Waals surface area contributed by atoms with E-state index in [1.807, 2.05) is 44.2 Å². The van der Waals surface area contributed by atoms with E-state index in [9.17, 15) is 32.7 Å². The molecule has 1 unspecified atom stereocenters. The summed E-state index contributed by atoms with van der Waals surface area (Å²) < 4.78 is 27.8. The fourth-order valence-corrected chi connectivity index (χ4v) is 5.85. The lowest BCUT2D eigenvalue weighted by Gasteiger charge is -2.25. The number of carbonyl (C=O) groups is 4. The number of rotatable bonds is 14. The Labute approximate surface area is 250 Å². The maximum absolute atomic E-state index is 13.2. The summed E-state index contributed by atoms with van der Waals surface area (Å²) in [5.41, 5.74) is 1.10. The highest BCUT2D eigenvalue weighted by Gasteiger charge is 2.37. The fraction of sp³-hybridized carbons (Fsp3) is 0.290. The van der Waals surface area contributed by atoms with Crippen LogP contribution in [0.1, 0.15) is 53.0 Å². The highest BCUT2D eigenvalue weighted by Crippen LogP contribution is 2.27. The van der Waals surface area contributed by atoms with Crippen molar-refractivity contribution < 1.29 is 32.7 Å². The largest absolute Gasteiger partial charge is 0.480 e. The quantitative estimate of drug-likeness (QED) is 0.203. The van der Waals surface area contributed by atoms with Gasteiger partial charge < -0.3 is 10.4 Å². The van der Waals surface area contributed by atoms with Gasteiger partial charge in [0.25, 0.3) is 21.8 Å². The molecule has 0 spiro atoms. The van der Waals surface area contributed by atoms with E-state index in [-0.39, 0.29) is 53.0 Å². The maximum atomic E-state index is 13.2. The zero-order valence-corrected chi connectivity index (χ0v) is 24.6. The van der Waals surface area contributed by atoms with E-state index >= 15 is 0 Å². The molecule has 1 aliphatic rings. The van der Waals surface area contributed by atoms with E-state index < -0.39 is 39.9 Å². The Hall–Kier alpha value is -4.55. The van der Waals surface area contributed by atoms with Crippen molar-refractivity contribution in [3.63, 3.8) is 0 Å². The summed E-state index contributed by atoms with van der Waals surface area (Å²) in [6.07, 6.45) is 0.230. The highest BCUT2D eigenvalue weighted by atomic mass is 32.2. The predicted molar refractivity (Wildman–Crippen MR) is 160 cm³/mol. The average molecular weight is 607 g/mol. The number of anilines is 1. The molecule has 226 valence electrons. The fourth-order valence-electron chi connectivity index (χ4n) is 4.78. The summed E-state index contributed by atoms with van der Waals surface area (Å²) in [5.74, 6) is -2.77. The Balaban J connectivity index is 1.42. The van der Waals surface area contributed by atoms with E-state index in [0.717, 1.165) is 10.5 Å². The molecule has 1 heterocycles. The minimum absolute atomic E-state index is 0.0102. The van der Waals surface area contributed by atoms with Gasteiger partial charge in [-0.15, -0.1) is 0 Å². The summed E-state index contributed by atoms with van der Waals surface area (Å²) in [6, 6.07) is 19.0. The maximum Gasteiger partial charge on any atom is 0.320 e. The topological polar surface area (TPSA) is 162 Å². The van der Waals surface area contributed by atoms with Crippen LogP contribution in [0.25, 0.3) is 0 Å². The van der Waals surface area contributed by atoms with Crippen LogP contribution < -0.4 is 15.4 Å². The molecule has 43 heavy (non-hydrogen) atoms. The van der Waals surface area contributed by atoms with Crippen LogP contribution >= 0.6 is 0 Å². The monoisotopic (exact) mass is 606 g/mol. The number of benzene rings is 3. The Bertz CT molecular complexity index is 1590. The van der Waals surface area contributed by atoms with Crippen molar-refractivity contribution in [2.24, 2.45) is 5.92 Å². The van der Waals surface area contributed by atoms with Gasteiger partial charge in [0.1, 0.15) is 6.04 Å². The van der Waals surface area contributed by atoms with Crippen LogP contribution in [0.5, 0.6) is 0 Å². The molecule has 0 aromatic heterocycles. The Morgan fingerprint density at radius 3 is 2.12 bits per heavy atom. The van der Waals surface area contributed by atoms with Crippen molar-refractivity contribution in [1.29, 1.82) is 0 Å². The average Bonchev–Trinajstić information content (AvgIpc) is 3.21. The molecular weight excluding hydrogens is 572 g/mol. The Morgan fingerprint density at radius 1 is 0.860 bits per heavy atom. The summed E-state index contributed by atoms with van der Waals surface area (Å²) in [7, 11) is -3.92. The standard InChI is InChI=1S/C31H34N4O7S/c1-20(2)17-27(28(36)32-19-21-9-5-3-6-10-21)33-26(31(39)40)15-16-35-29(37)24-14-13-22(18-25(24)30(35)38)34-43(41,42)23-11-7-4-8-12-23/h3-14,18,20,26-27,33-34H,15-17,19H2,1-2H3,(H,32,36)(H,39,40)/t26?,27-/m0/s1. The molecule has 0 radical (unpaired) electrons. The van der Waals surface area contributed by atoms with Crippen molar-refractivity contribution >= 4 is 39.4 Å². The Morgan fingerprint density at radius 2 is 1.49 bits per heavy atom. The van der Waals surface area contributed by atoms with E-state index in [2.05, 4.69) is 15.4 Å². The first-order valence-electron chi connectivity index (χ1n) is 13.8. The number of amides is 3. The van der Waals surface area contributed by atoms with Crippen molar-refractivity contribution in [2.45, 2.75) is 50.2 Å². The zero-order valence-electron chi connectivity index (χ0n) is 23.8. The molecule has 0 aliphatic carbocycles. The van der Waals surface area contributed by atoms with Crippen molar-refractivity contribution in [2.75, 3.05) is 11.3 Å².